The van der Waals surface area contributed by atoms with Crippen molar-refractivity contribution in [2.45, 2.75) is 4.90 Å². The van der Waals surface area contributed by atoms with E-state index >= 15 is 0 Å². The van der Waals surface area contributed by atoms with Crippen LogP contribution in [-0.2, 0) is 14.8 Å². The monoisotopic (exact) mass is 423 g/mol. The van der Waals surface area contributed by atoms with Crippen molar-refractivity contribution >= 4 is 33.2 Å². The quantitative estimate of drug-likeness (QED) is 0.712. The number of hydrogen-bond donors (Lipinski definition) is 2. The van der Waals surface area contributed by atoms with Crippen LogP contribution >= 0.6 is 11.6 Å². The summed E-state index contributed by atoms with van der Waals surface area (Å²) in [6.07, 6.45) is 0. The highest BCUT2D eigenvalue weighted by Crippen LogP contribution is 2.23. The van der Waals surface area contributed by atoms with Gasteiger partial charge in [0.15, 0.2) is 0 Å². The molecule has 2 aromatic rings. The minimum atomic E-state index is -3.74. The van der Waals surface area contributed by atoms with Crippen LogP contribution in [0.25, 0.3) is 0 Å². The molecule has 1 heterocycles. The Kier molecular flexibility index (Phi) is 6.90. The first kappa shape index (κ1) is 20.6. The molecule has 0 unspecified atom stereocenters. The van der Waals surface area contributed by atoms with Crippen molar-refractivity contribution in [3.05, 3.63) is 59.1 Å². The van der Waals surface area contributed by atoms with Crippen LogP contribution in [0.4, 0.5) is 5.69 Å². The Labute approximate surface area is 169 Å². The number of carbonyl (C=O) groups excluding carboxylic acids is 1. The van der Waals surface area contributed by atoms with Crippen LogP contribution in [0, 0.1) is 0 Å². The summed E-state index contributed by atoms with van der Waals surface area (Å²) in [7, 11) is -3.74. The van der Waals surface area contributed by atoms with Gasteiger partial charge in [-0.15, -0.1) is 0 Å². The van der Waals surface area contributed by atoms with Crippen LogP contribution in [0.1, 0.15) is 10.4 Å². The van der Waals surface area contributed by atoms with Gasteiger partial charge in [0.25, 0.3) is 15.9 Å². The van der Waals surface area contributed by atoms with Gasteiger partial charge < -0.3 is 10.1 Å². The lowest BCUT2D eigenvalue weighted by molar-refractivity contribution is 0.0383. The van der Waals surface area contributed by atoms with E-state index < -0.39 is 10.0 Å². The second-order valence-electron chi connectivity index (χ2n) is 6.32. The molecule has 150 valence electrons. The molecule has 3 rings (SSSR count). The van der Waals surface area contributed by atoms with Gasteiger partial charge in [0.1, 0.15) is 0 Å². The molecule has 7 nitrogen and oxygen atoms in total. The number of amides is 1. The topological polar surface area (TPSA) is 87.7 Å². The third kappa shape index (κ3) is 5.45. The number of nitrogens with one attached hydrogen (secondary N) is 2. The van der Waals surface area contributed by atoms with Gasteiger partial charge in [0.05, 0.1) is 28.7 Å². The van der Waals surface area contributed by atoms with E-state index in [-0.39, 0.29) is 27.1 Å². The maximum atomic E-state index is 12.5. The fourth-order valence-electron chi connectivity index (χ4n) is 2.82. The lowest BCUT2D eigenvalue weighted by atomic mass is 10.2. The van der Waals surface area contributed by atoms with Crippen molar-refractivity contribution in [2.24, 2.45) is 0 Å². The maximum Gasteiger partial charge on any atom is 0.261 e. The summed E-state index contributed by atoms with van der Waals surface area (Å²) in [4.78, 5) is 14.8. The SMILES string of the molecule is O=C(NCCN1CCOCC1)c1cc(NS(=O)(=O)c2ccccc2)ccc1Cl. The van der Waals surface area contributed by atoms with E-state index in [0.717, 1.165) is 13.1 Å². The first-order valence-electron chi connectivity index (χ1n) is 8.91. The Bertz CT molecular complexity index is 916. The standard InChI is InChI=1S/C19H22ClN3O4S/c20-18-7-6-15(22-28(25,26)16-4-2-1-3-5-16)14-17(18)19(24)21-8-9-23-10-12-27-13-11-23/h1-7,14,22H,8-13H2,(H,21,24). The Morgan fingerprint density at radius 3 is 2.54 bits per heavy atom. The summed E-state index contributed by atoms with van der Waals surface area (Å²) in [6.45, 7) is 4.26. The van der Waals surface area contributed by atoms with Gasteiger partial charge in [0, 0.05) is 31.9 Å². The van der Waals surface area contributed by atoms with Gasteiger partial charge in [-0.25, -0.2) is 8.42 Å². The van der Waals surface area contributed by atoms with Crippen molar-refractivity contribution in [1.29, 1.82) is 0 Å². The average molecular weight is 424 g/mol. The molecule has 9 heteroatoms. The minimum absolute atomic E-state index is 0.140. The van der Waals surface area contributed by atoms with E-state index in [4.69, 9.17) is 16.3 Å². The molecule has 0 aromatic heterocycles. The van der Waals surface area contributed by atoms with Gasteiger partial charge in [-0.3, -0.25) is 14.4 Å². The van der Waals surface area contributed by atoms with Gasteiger partial charge in [-0.05, 0) is 30.3 Å². The number of halogens is 1. The molecule has 0 aliphatic carbocycles. The number of sulfonamides is 1. The summed E-state index contributed by atoms with van der Waals surface area (Å²) in [5.41, 5.74) is 0.489. The minimum Gasteiger partial charge on any atom is -0.379 e. The fourth-order valence-corrected chi connectivity index (χ4v) is 4.10. The smallest absolute Gasteiger partial charge is 0.261 e. The average Bonchev–Trinajstić information content (AvgIpc) is 2.70. The summed E-state index contributed by atoms with van der Waals surface area (Å²) >= 11 is 6.14. The molecule has 0 bridgehead atoms. The molecule has 1 aliphatic rings. The fraction of sp³-hybridized carbons (Fsp3) is 0.316. The van der Waals surface area contributed by atoms with Crippen LogP contribution in [-0.4, -0.2) is 58.6 Å². The zero-order valence-electron chi connectivity index (χ0n) is 15.2. The van der Waals surface area contributed by atoms with Gasteiger partial charge in [0.2, 0.25) is 0 Å². The summed E-state index contributed by atoms with van der Waals surface area (Å²) in [5.74, 6) is -0.348. The number of morpholine rings is 1. The third-order valence-electron chi connectivity index (χ3n) is 4.33. The predicted octanol–water partition coefficient (Wildman–Crippen LogP) is 2.20. The number of carbonyl (C=O) groups is 1. The van der Waals surface area contributed by atoms with Crippen molar-refractivity contribution < 1.29 is 17.9 Å². The van der Waals surface area contributed by atoms with Crippen LogP contribution in [0.5, 0.6) is 0 Å². The molecular weight excluding hydrogens is 402 g/mol. The molecule has 0 atom stereocenters. The number of ether oxygens (including phenoxy) is 1. The van der Waals surface area contributed by atoms with E-state index in [2.05, 4.69) is 14.9 Å². The summed E-state index contributed by atoms with van der Waals surface area (Å²) < 4.78 is 32.7. The van der Waals surface area contributed by atoms with Crippen molar-refractivity contribution in [2.75, 3.05) is 44.1 Å². The molecule has 1 amide bonds. The molecule has 0 spiro atoms. The van der Waals surface area contributed by atoms with Crippen molar-refractivity contribution in [3.8, 4) is 0 Å². The summed E-state index contributed by atoms with van der Waals surface area (Å²) in [6, 6.07) is 12.5. The number of hydrogen-bond acceptors (Lipinski definition) is 5. The Hall–Kier alpha value is -2.13. The first-order chi connectivity index (χ1) is 13.5. The van der Waals surface area contributed by atoms with E-state index in [1.54, 1.807) is 18.2 Å². The van der Waals surface area contributed by atoms with E-state index in [9.17, 15) is 13.2 Å². The van der Waals surface area contributed by atoms with Crippen LogP contribution in [0.15, 0.2) is 53.4 Å². The van der Waals surface area contributed by atoms with Crippen molar-refractivity contribution in [1.82, 2.24) is 10.2 Å². The van der Waals surface area contributed by atoms with Crippen LogP contribution in [0.3, 0.4) is 0 Å². The molecule has 1 saturated heterocycles. The molecule has 0 saturated carbocycles. The van der Waals surface area contributed by atoms with E-state index in [1.165, 1.54) is 30.3 Å². The highest BCUT2D eigenvalue weighted by molar-refractivity contribution is 7.92. The second kappa shape index (κ2) is 9.38. The predicted molar refractivity (Wildman–Crippen MR) is 108 cm³/mol. The number of anilines is 1. The van der Waals surface area contributed by atoms with E-state index in [1.807, 2.05) is 0 Å². The number of benzene rings is 2. The molecule has 1 aliphatic heterocycles. The normalized spacial score (nSPS) is 15.2. The zero-order valence-corrected chi connectivity index (χ0v) is 16.8. The number of rotatable bonds is 7. The lowest BCUT2D eigenvalue weighted by Gasteiger charge is -2.26. The Morgan fingerprint density at radius 2 is 1.82 bits per heavy atom. The highest BCUT2D eigenvalue weighted by Gasteiger charge is 2.17. The molecule has 0 radical (unpaired) electrons. The maximum absolute atomic E-state index is 12.5. The second-order valence-corrected chi connectivity index (χ2v) is 8.41. The number of nitrogens with zero attached hydrogens (tertiary/aromatic N) is 1. The molecule has 2 N–H and O–H groups in total. The van der Waals surface area contributed by atoms with Crippen LogP contribution in [0.2, 0.25) is 5.02 Å². The largest absolute Gasteiger partial charge is 0.379 e. The Balaban J connectivity index is 1.64. The van der Waals surface area contributed by atoms with Gasteiger partial charge >= 0.3 is 0 Å². The third-order valence-corrected chi connectivity index (χ3v) is 6.06. The lowest BCUT2D eigenvalue weighted by Crippen LogP contribution is -2.41. The van der Waals surface area contributed by atoms with Gasteiger partial charge in [-0.1, -0.05) is 29.8 Å². The summed E-state index contributed by atoms with van der Waals surface area (Å²) in [5, 5.41) is 3.08. The van der Waals surface area contributed by atoms with E-state index in [0.29, 0.717) is 26.3 Å². The van der Waals surface area contributed by atoms with Crippen LogP contribution < -0.4 is 10.0 Å². The highest BCUT2D eigenvalue weighted by atomic mass is 35.5. The molecule has 2 aromatic carbocycles. The zero-order chi connectivity index (χ0) is 20.0. The first-order valence-corrected chi connectivity index (χ1v) is 10.8. The molecular formula is C19H22ClN3O4S. The Morgan fingerprint density at radius 1 is 1.11 bits per heavy atom. The van der Waals surface area contributed by atoms with Crippen molar-refractivity contribution in [3.63, 3.8) is 0 Å². The van der Waals surface area contributed by atoms with Gasteiger partial charge in [-0.2, -0.15) is 0 Å². The molecule has 1 fully saturated rings. The molecule has 28 heavy (non-hydrogen) atoms.